The Labute approximate surface area is 127 Å². The van der Waals surface area contributed by atoms with Gasteiger partial charge in [0, 0.05) is 6.54 Å². The molecule has 0 amide bonds. The van der Waals surface area contributed by atoms with E-state index in [0.717, 1.165) is 5.56 Å². The highest BCUT2D eigenvalue weighted by atomic mass is 35.6. The Morgan fingerprint density at radius 2 is 1.89 bits per heavy atom. The summed E-state index contributed by atoms with van der Waals surface area (Å²) in [4.78, 5) is 0. The zero-order chi connectivity index (χ0) is 14.3. The second kappa shape index (κ2) is 5.06. The van der Waals surface area contributed by atoms with Crippen LogP contribution in [0.1, 0.15) is 12.5 Å². The first-order chi connectivity index (χ1) is 8.65. The molecule has 0 radical (unpaired) electrons. The summed E-state index contributed by atoms with van der Waals surface area (Å²) in [7, 11) is -3.90. The van der Waals surface area contributed by atoms with Crippen LogP contribution in [0.2, 0.25) is 0 Å². The molecule has 1 aromatic rings. The topological polar surface area (TPSA) is 46.4 Å². The number of halogens is 3. The molecule has 1 fully saturated rings. The van der Waals surface area contributed by atoms with Crippen LogP contribution >= 0.6 is 34.8 Å². The van der Waals surface area contributed by atoms with Gasteiger partial charge in [0.15, 0.2) is 0 Å². The summed E-state index contributed by atoms with van der Waals surface area (Å²) in [6.45, 7) is 1.65. The van der Waals surface area contributed by atoms with Crippen molar-refractivity contribution in [3.05, 3.63) is 35.9 Å². The molecule has 106 valence electrons. The molecule has 0 aromatic heterocycles. The van der Waals surface area contributed by atoms with Crippen molar-refractivity contribution in [3.8, 4) is 0 Å². The Hall–Kier alpha value is -0.0400. The van der Waals surface area contributed by atoms with E-state index in [1.807, 2.05) is 37.3 Å². The number of benzene rings is 1. The summed E-state index contributed by atoms with van der Waals surface area (Å²) < 4.78 is 28.1. The zero-order valence-electron chi connectivity index (χ0n) is 10.0. The van der Waals surface area contributed by atoms with Gasteiger partial charge in [-0.1, -0.05) is 65.1 Å². The van der Waals surface area contributed by atoms with Crippen LogP contribution < -0.4 is 0 Å². The monoisotopic (exact) mass is 343 g/mol. The summed E-state index contributed by atoms with van der Waals surface area (Å²) in [5, 5.41) is 0. The van der Waals surface area contributed by atoms with Gasteiger partial charge in [-0.3, -0.25) is 4.18 Å². The maximum atomic E-state index is 12.0. The summed E-state index contributed by atoms with van der Waals surface area (Å²) in [5.41, 5.74) is 0.310. The maximum Gasteiger partial charge on any atom is 0.339 e. The third-order valence-corrected chi connectivity index (χ3v) is 4.75. The largest absolute Gasteiger partial charge is 0.339 e. The molecule has 0 aliphatic carbocycles. The molecule has 1 aliphatic rings. The van der Waals surface area contributed by atoms with Crippen LogP contribution in [0.25, 0.3) is 0 Å². The average Bonchev–Trinajstić information content (AvgIpc) is 3.02. The minimum absolute atomic E-state index is 0.346. The minimum Gasteiger partial charge on any atom is -0.253 e. The van der Waals surface area contributed by atoms with Crippen molar-refractivity contribution in [2.75, 3.05) is 13.2 Å². The van der Waals surface area contributed by atoms with Crippen LogP contribution in [0, 0.1) is 0 Å². The quantitative estimate of drug-likeness (QED) is 0.623. The van der Waals surface area contributed by atoms with Gasteiger partial charge in [0.1, 0.15) is 6.61 Å². The molecule has 2 atom stereocenters. The molecule has 8 heteroatoms. The van der Waals surface area contributed by atoms with E-state index in [1.54, 1.807) is 0 Å². The number of hydrogen-bond donors (Lipinski definition) is 0. The number of alkyl halides is 3. The molecule has 0 saturated carbocycles. The Morgan fingerprint density at radius 3 is 2.42 bits per heavy atom. The Balaban J connectivity index is 2.10. The normalized spacial score (nSPS) is 27.3. The molecule has 2 unspecified atom stereocenters. The van der Waals surface area contributed by atoms with Crippen molar-refractivity contribution in [1.29, 1.82) is 0 Å². The van der Waals surface area contributed by atoms with Crippen LogP contribution in [0.15, 0.2) is 30.3 Å². The fourth-order valence-electron chi connectivity index (χ4n) is 1.81. The molecule has 4 nitrogen and oxygen atoms in total. The van der Waals surface area contributed by atoms with Gasteiger partial charge in [0.2, 0.25) is 3.79 Å². The lowest BCUT2D eigenvalue weighted by Crippen LogP contribution is -2.25. The number of hydrogen-bond acceptors (Lipinski definition) is 3. The highest BCUT2D eigenvalue weighted by molar-refractivity contribution is 7.84. The summed E-state index contributed by atoms with van der Waals surface area (Å²) in [5.74, 6) is 0. The fraction of sp³-hybridized carbons (Fsp3) is 0.455. The molecule has 19 heavy (non-hydrogen) atoms. The fourth-order valence-corrected chi connectivity index (χ4v) is 3.63. The third kappa shape index (κ3) is 3.54. The van der Waals surface area contributed by atoms with Crippen LogP contribution in [0.3, 0.4) is 0 Å². The lowest BCUT2D eigenvalue weighted by Gasteiger charge is -2.15. The van der Waals surface area contributed by atoms with Crippen LogP contribution in [0.4, 0.5) is 0 Å². The Morgan fingerprint density at radius 1 is 1.32 bits per heavy atom. The third-order valence-electron chi connectivity index (χ3n) is 2.94. The number of nitrogens with zero attached hydrogens (tertiary/aromatic N) is 1. The van der Waals surface area contributed by atoms with Crippen molar-refractivity contribution < 1.29 is 12.6 Å². The molecule has 1 saturated heterocycles. The average molecular weight is 345 g/mol. The van der Waals surface area contributed by atoms with Crippen LogP contribution in [-0.4, -0.2) is 29.7 Å². The van der Waals surface area contributed by atoms with Crippen molar-refractivity contribution in [2.24, 2.45) is 0 Å². The maximum absolute atomic E-state index is 12.0. The van der Waals surface area contributed by atoms with Crippen LogP contribution in [0.5, 0.6) is 0 Å². The van der Waals surface area contributed by atoms with Gasteiger partial charge in [-0.05, 0) is 12.5 Å². The van der Waals surface area contributed by atoms with E-state index in [0.29, 0.717) is 6.54 Å². The predicted octanol–water partition coefficient (Wildman–Crippen LogP) is 2.85. The van der Waals surface area contributed by atoms with Gasteiger partial charge >= 0.3 is 10.3 Å². The molecule has 0 spiro atoms. The van der Waals surface area contributed by atoms with Gasteiger partial charge in [-0.15, -0.1) is 0 Å². The van der Waals surface area contributed by atoms with Crippen molar-refractivity contribution in [2.45, 2.75) is 16.3 Å². The summed E-state index contributed by atoms with van der Waals surface area (Å²) in [6, 6.07) is 9.31. The van der Waals surface area contributed by atoms with Gasteiger partial charge in [0.05, 0.1) is 5.54 Å². The minimum atomic E-state index is -3.90. The molecular weight excluding hydrogens is 333 g/mol. The van der Waals surface area contributed by atoms with Crippen LogP contribution in [-0.2, 0) is 20.0 Å². The van der Waals surface area contributed by atoms with E-state index < -0.39 is 26.2 Å². The first-order valence-corrected chi connectivity index (χ1v) is 7.94. The van der Waals surface area contributed by atoms with Gasteiger partial charge < -0.3 is 0 Å². The first kappa shape index (κ1) is 15.4. The second-order valence-corrected chi connectivity index (χ2v) is 8.53. The van der Waals surface area contributed by atoms with Gasteiger partial charge in [0.25, 0.3) is 0 Å². The van der Waals surface area contributed by atoms with Gasteiger partial charge in [-0.2, -0.15) is 12.7 Å². The zero-order valence-corrected chi connectivity index (χ0v) is 13.1. The van der Waals surface area contributed by atoms with E-state index in [9.17, 15) is 8.42 Å². The van der Waals surface area contributed by atoms with E-state index in [1.165, 1.54) is 4.31 Å². The van der Waals surface area contributed by atoms with E-state index in [4.69, 9.17) is 39.0 Å². The Kier molecular flexibility index (Phi) is 4.09. The Bertz CT molecular complexity index is 558. The van der Waals surface area contributed by atoms with Crippen molar-refractivity contribution in [1.82, 2.24) is 4.31 Å². The second-order valence-electron chi connectivity index (χ2n) is 4.48. The molecule has 1 heterocycles. The van der Waals surface area contributed by atoms with Crippen molar-refractivity contribution in [3.63, 3.8) is 0 Å². The predicted molar refractivity (Wildman–Crippen MR) is 75.7 cm³/mol. The smallest absolute Gasteiger partial charge is 0.253 e. The van der Waals surface area contributed by atoms with E-state index in [-0.39, 0.29) is 0 Å². The molecule has 0 bridgehead atoms. The van der Waals surface area contributed by atoms with Gasteiger partial charge in [-0.25, -0.2) is 0 Å². The molecule has 0 N–H and O–H groups in total. The summed E-state index contributed by atoms with van der Waals surface area (Å²) >= 11 is 16.4. The molecule has 2 rings (SSSR count). The highest BCUT2D eigenvalue weighted by Gasteiger charge is 2.57. The van der Waals surface area contributed by atoms with Crippen molar-refractivity contribution >= 4 is 45.1 Å². The SMILES string of the molecule is CC1(c2ccccc2)CN1S(=O)(=O)OCC(Cl)(Cl)Cl. The molecular formula is C11H12Cl3NO3S. The first-order valence-electron chi connectivity index (χ1n) is 5.45. The standard InChI is InChI=1S/C11H12Cl3NO3S/c1-10(9-5-3-2-4-6-9)7-15(10)19(16,17)18-8-11(12,13)14/h2-6H,7-8H2,1H3. The highest BCUT2D eigenvalue weighted by Crippen LogP contribution is 2.45. The summed E-state index contributed by atoms with van der Waals surface area (Å²) in [6.07, 6.45) is 0. The molecule has 1 aromatic carbocycles. The van der Waals surface area contributed by atoms with E-state index >= 15 is 0 Å². The lowest BCUT2D eigenvalue weighted by atomic mass is 10.0. The number of rotatable bonds is 4. The van der Waals surface area contributed by atoms with E-state index in [2.05, 4.69) is 0 Å². The lowest BCUT2D eigenvalue weighted by molar-refractivity contribution is 0.299. The molecule has 1 aliphatic heterocycles.